The zero-order valence-corrected chi connectivity index (χ0v) is 20.5. The van der Waals surface area contributed by atoms with Gasteiger partial charge in [-0.1, -0.05) is 13.8 Å². The Morgan fingerprint density at radius 2 is 1.92 bits per heavy atom. The molecule has 0 fully saturated rings. The van der Waals surface area contributed by atoms with Crippen LogP contribution in [0.1, 0.15) is 13.8 Å². The number of nitrogens with zero attached hydrogens (tertiary/aromatic N) is 4. The van der Waals surface area contributed by atoms with Crippen molar-refractivity contribution in [1.82, 2.24) is 30.1 Å². The molecule has 0 radical (unpaired) electrons. The van der Waals surface area contributed by atoms with Crippen LogP contribution in [0.3, 0.4) is 0 Å². The van der Waals surface area contributed by atoms with E-state index < -0.39 is 5.82 Å². The van der Waals surface area contributed by atoms with Crippen molar-refractivity contribution in [3.8, 4) is 33.2 Å². The van der Waals surface area contributed by atoms with E-state index in [0.29, 0.717) is 55.3 Å². The molecule has 6 aromatic rings. The van der Waals surface area contributed by atoms with E-state index >= 15 is 4.39 Å². The molecular weight excluding hydrogens is 496 g/mol. The average Bonchev–Trinajstić information content (AvgIpc) is 3.61. The standard InChI is InChI=1S/C26H19F2N7OS/c1-12(2)26(36)31-15-7-14(10-29-11-15)13-8-16-21(17(27)9-13)34-35-22(16)25-32-18-5-6-30-24(23(18)33-25)19-3-4-20(28)37-19/h3-12H,1-2H3,(H,31,36)(H,32,33)(H,34,35). The Bertz CT molecular complexity index is 1800. The minimum Gasteiger partial charge on any atom is -0.337 e. The number of hydrogen-bond donors (Lipinski definition) is 3. The minimum absolute atomic E-state index is 0.137. The molecule has 8 nitrogen and oxygen atoms in total. The van der Waals surface area contributed by atoms with Gasteiger partial charge in [-0.05, 0) is 42.0 Å². The van der Waals surface area contributed by atoms with Crippen molar-refractivity contribution in [2.24, 2.45) is 5.92 Å². The molecule has 0 aliphatic heterocycles. The molecule has 11 heteroatoms. The van der Waals surface area contributed by atoms with Crippen molar-refractivity contribution in [3.63, 3.8) is 0 Å². The first-order valence-electron chi connectivity index (χ1n) is 11.4. The monoisotopic (exact) mass is 515 g/mol. The van der Waals surface area contributed by atoms with E-state index in [1.807, 2.05) is 0 Å². The number of benzene rings is 1. The molecule has 3 N–H and O–H groups in total. The van der Waals surface area contributed by atoms with Gasteiger partial charge in [0.25, 0.3) is 0 Å². The van der Waals surface area contributed by atoms with Gasteiger partial charge in [0.1, 0.15) is 22.4 Å². The van der Waals surface area contributed by atoms with Crippen LogP contribution in [0.5, 0.6) is 0 Å². The second-order valence-corrected chi connectivity index (χ2v) is 9.84. The van der Waals surface area contributed by atoms with E-state index in [1.165, 1.54) is 12.1 Å². The molecule has 1 aromatic carbocycles. The van der Waals surface area contributed by atoms with Crippen LogP contribution < -0.4 is 5.32 Å². The highest BCUT2D eigenvalue weighted by Crippen LogP contribution is 2.35. The maximum absolute atomic E-state index is 15.1. The fourth-order valence-corrected chi connectivity index (χ4v) is 4.78. The van der Waals surface area contributed by atoms with Gasteiger partial charge in [0.2, 0.25) is 5.91 Å². The van der Waals surface area contributed by atoms with Crippen molar-refractivity contribution in [2.45, 2.75) is 13.8 Å². The minimum atomic E-state index is -0.515. The number of amides is 1. The second-order valence-electron chi connectivity index (χ2n) is 8.80. The molecule has 0 aliphatic carbocycles. The zero-order chi connectivity index (χ0) is 25.7. The second kappa shape index (κ2) is 8.86. The summed E-state index contributed by atoms with van der Waals surface area (Å²) in [5.74, 6) is -0.401. The fourth-order valence-electron chi connectivity index (χ4n) is 4.05. The van der Waals surface area contributed by atoms with Crippen molar-refractivity contribution >= 4 is 44.9 Å². The topological polar surface area (TPSA) is 112 Å². The normalized spacial score (nSPS) is 11.6. The summed E-state index contributed by atoms with van der Waals surface area (Å²) in [6.45, 7) is 3.60. The Kier molecular flexibility index (Phi) is 5.49. The summed E-state index contributed by atoms with van der Waals surface area (Å²) in [5.41, 5.74) is 4.19. The highest BCUT2D eigenvalue weighted by atomic mass is 32.1. The molecule has 0 spiro atoms. The molecule has 0 saturated heterocycles. The molecular formula is C26H19F2N7OS. The predicted octanol–water partition coefficient (Wildman–Crippen LogP) is 6.16. The highest BCUT2D eigenvalue weighted by Gasteiger charge is 2.19. The van der Waals surface area contributed by atoms with Crippen LogP contribution >= 0.6 is 11.3 Å². The number of carbonyl (C=O) groups excluding carboxylic acids is 1. The summed E-state index contributed by atoms with van der Waals surface area (Å²) in [4.78, 5) is 29.3. The first kappa shape index (κ1) is 22.9. The van der Waals surface area contributed by atoms with Gasteiger partial charge in [0.15, 0.2) is 16.8 Å². The summed E-state index contributed by atoms with van der Waals surface area (Å²) in [6, 6.07) is 9.74. The number of thiophene rings is 1. The van der Waals surface area contributed by atoms with Gasteiger partial charge < -0.3 is 10.3 Å². The molecule has 0 aliphatic rings. The van der Waals surface area contributed by atoms with Gasteiger partial charge in [0.05, 0.1) is 22.3 Å². The quantitative estimate of drug-likeness (QED) is 0.254. The molecule has 1 amide bonds. The number of imidazole rings is 1. The van der Waals surface area contributed by atoms with Crippen LogP contribution in [0.2, 0.25) is 0 Å². The third-order valence-electron chi connectivity index (χ3n) is 5.92. The number of H-pyrrole nitrogens is 2. The average molecular weight is 516 g/mol. The van der Waals surface area contributed by atoms with E-state index in [4.69, 9.17) is 4.98 Å². The third kappa shape index (κ3) is 4.12. The Morgan fingerprint density at radius 1 is 1.05 bits per heavy atom. The number of pyridine rings is 2. The smallest absolute Gasteiger partial charge is 0.226 e. The molecule has 6 rings (SSSR count). The molecule has 0 atom stereocenters. The van der Waals surface area contributed by atoms with E-state index in [1.54, 1.807) is 56.7 Å². The summed E-state index contributed by atoms with van der Waals surface area (Å²) in [5, 5.41) is 10.1. The molecule has 5 aromatic heterocycles. The maximum Gasteiger partial charge on any atom is 0.226 e. The summed E-state index contributed by atoms with van der Waals surface area (Å²) in [7, 11) is 0. The van der Waals surface area contributed by atoms with Gasteiger partial charge in [-0.25, -0.2) is 9.37 Å². The van der Waals surface area contributed by atoms with Crippen molar-refractivity contribution in [2.75, 3.05) is 5.32 Å². The Morgan fingerprint density at radius 3 is 2.70 bits per heavy atom. The van der Waals surface area contributed by atoms with E-state index in [9.17, 15) is 9.18 Å². The lowest BCUT2D eigenvalue weighted by molar-refractivity contribution is -0.118. The maximum atomic E-state index is 15.1. The number of aromatic amines is 2. The predicted molar refractivity (Wildman–Crippen MR) is 139 cm³/mol. The Balaban J connectivity index is 1.44. The van der Waals surface area contributed by atoms with E-state index in [0.717, 1.165) is 11.3 Å². The first-order valence-corrected chi connectivity index (χ1v) is 12.2. The number of hydrogen-bond acceptors (Lipinski definition) is 6. The lowest BCUT2D eigenvalue weighted by atomic mass is 10.0. The Labute approximate surface area is 212 Å². The number of nitrogens with one attached hydrogen (secondary N) is 3. The highest BCUT2D eigenvalue weighted by molar-refractivity contribution is 7.13. The summed E-state index contributed by atoms with van der Waals surface area (Å²) >= 11 is 0.988. The number of fused-ring (bicyclic) bond motifs is 2. The van der Waals surface area contributed by atoms with Crippen LogP contribution in [0, 0.1) is 16.9 Å². The van der Waals surface area contributed by atoms with Crippen LogP contribution in [-0.2, 0) is 4.79 Å². The molecule has 0 saturated carbocycles. The van der Waals surface area contributed by atoms with Crippen LogP contribution in [0.4, 0.5) is 14.5 Å². The van der Waals surface area contributed by atoms with E-state index in [2.05, 4.69) is 30.5 Å². The lowest BCUT2D eigenvalue weighted by Gasteiger charge is -2.09. The largest absolute Gasteiger partial charge is 0.337 e. The van der Waals surface area contributed by atoms with Crippen molar-refractivity contribution in [3.05, 3.63) is 65.9 Å². The van der Waals surface area contributed by atoms with Gasteiger partial charge in [-0.15, -0.1) is 11.3 Å². The molecule has 0 unspecified atom stereocenters. The number of aromatic nitrogens is 6. The van der Waals surface area contributed by atoms with E-state index in [-0.39, 0.29) is 22.5 Å². The lowest BCUT2D eigenvalue weighted by Crippen LogP contribution is -2.17. The van der Waals surface area contributed by atoms with Crippen molar-refractivity contribution in [1.29, 1.82) is 0 Å². The Hall–Kier alpha value is -4.51. The summed E-state index contributed by atoms with van der Waals surface area (Å²) < 4.78 is 28.8. The van der Waals surface area contributed by atoms with Gasteiger partial charge in [-0.3, -0.25) is 19.9 Å². The number of halogens is 2. The van der Waals surface area contributed by atoms with Gasteiger partial charge in [-0.2, -0.15) is 9.49 Å². The van der Waals surface area contributed by atoms with Gasteiger partial charge in [0, 0.05) is 29.3 Å². The zero-order valence-electron chi connectivity index (χ0n) is 19.6. The van der Waals surface area contributed by atoms with Crippen LogP contribution in [0.15, 0.2) is 55.0 Å². The molecule has 37 heavy (non-hydrogen) atoms. The number of anilines is 1. The van der Waals surface area contributed by atoms with Gasteiger partial charge >= 0.3 is 0 Å². The fraction of sp³-hybridized carbons (Fsp3) is 0.115. The molecule has 5 heterocycles. The van der Waals surface area contributed by atoms with Crippen molar-refractivity contribution < 1.29 is 13.6 Å². The summed E-state index contributed by atoms with van der Waals surface area (Å²) in [6.07, 6.45) is 4.77. The van der Waals surface area contributed by atoms with Crippen LogP contribution in [-0.4, -0.2) is 36.0 Å². The third-order valence-corrected chi connectivity index (χ3v) is 6.80. The van der Waals surface area contributed by atoms with Crippen LogP contribution in [0.25, 0.3) is 55.2 Å². The number of carbonyl (C=O) groups is 1. The first-order chi connectivity index (χ1) is 17.9. The molecule has 0 bridgehead atoms. The number of rotatable bonds is 5. The molecule has 184 valence electrons. The SMILES string of the molecule is CC(C)C(=O)Nc1cncc(-c2cc(F)c3n[nH]c(-c4nc5c(-c6ccc(F)s6)nccc5[nH]4)c3c2)c1.